The molecule has 0 bridgehead atoms. The third-order valence-electron chi connectivity index (χ3n) is 6.99. The van der Waals surface area contributed by atoms with Gasteiger partial charge in [-0.25, -0.2) is 14.4 Å². The van der Waals surface area contributed by atoms with E-state index in [2.05, 4.69) is 25.9 Å². The first-order valence-corrected chi connectivity index (χ1v) is 13.6. The number of carbonyl (C=O) groups is 2. The lowest BCUT2D eigenvalue weighted by Gasteiger charge is -2.29. The van der Waals surface area contributed by atoms with Gasteiger partial charge in [-0.2, -0.15) is 13.2 Å². The molecule has 0 aliphatic carbocycles. The average Bonchev–Trinajstić information content (AvgIpc) is 3.50. The van der Waals surface area contributed by atoms with Crippen molar-refractivity contribution in [2.24, 2.45) is 4.99 Å². The smallest absolute Gasteiger partial charge is 0.378 e. The Kier molecular flexibility index (Phi) is 9.02. The van der Waals surface area contributed by atoms with Crippen LogP contribution in [0.15, 0.2) is 47.4 Å². The molecule has 2 unspecified atom stereocenters. The molecule has 1 aromatic heterocycles. The number of aliphatic imine (C=N–C) groups is 1. The van der Waals surface area contributed by atoms with Crippen LogP contribution in [0, 0.1) is 5.82 Å². The molecule has 2 aromatic rings. The average molecular weight is 591 g/mol. The Morgan fingerprint density at radius 2 is 1.88 bits per heavy atom. The minimum Gasteiger partial charge on any atom is -0.378 e. The molecular formula is C28H30F4N6O4. The number of anilines is 2. The summed E-state index contributed by atoms with van der Waals surface area (Å²) in [5, 5.41) is 8.11. The zero-order valence-electron chi connectivity index (χ0n) is 22.5. The third kappa shape index (κ3) is 7.42. The molecule has 3 aliphatic rings. The van der Waals surface area contributed by atoms with Crippen LogP contribution in [0.2, 0.25) is 0 Å². The molecule has 1 aromatic carbocycles. The molecule has 2 fully saturated rings. The second kappa shape index (κ2) is 12.9. The largest absolute Gasteiger partial charge is 0.434 e. The first-order valence-electron chi connectivity index (χ1n) is 13.6. The van der Waals surface area contributed by atoms with Crippen molar-refractivity contribution in [3.8, 4) is 0 Å². The van der Waals surface area contributed by atoms with Crippen LogP contribution in [0.3, 0.4) is 0 Å². The van der Waals surface area contributed by atoms with Crippen molar-refractivity contribution in [2.45, 2.75) is 37.6 Å². The minimum atomic E-state index is -4.93. The van der Waals surface area contributed by atoms with Gasteiger partial charge < -0.3 is 30.3 Å². The number of ether oxygens (including phenoxy) is 2. The van der Waals surface area contributed by atoms with Crippen LogP contribution < -0.4 is 20.9 Å². The zero-order chi connectivity index (χ0) is 29.7. The van der Waals surface area contributed by atoms with Gasteiger partial charge in [0.1, 0.15) is 11.6 Å². The first-order chi connectivity index (χ1) is 20.2. The van der Waals surface area contributed by atoms with Gasteiger partial charge in [0.2, 0.25) is 0 Å². The van der Waals surface area contributed by atoms with E-state index < -0.39 is 41.1 Å². The lowest BCUT2D eigenvalue weighted by atomic mass is 10.1. The fourth-order valence-electron chi connectivity index (χ4n) is 4.85. The highest BCUT2D eigenvalue weighted by atomic mass is 19.4. The molecule has 3 N–H and O–H groups in total. The van der Waals surface area contributed by atoms with Gasteiger partial charge in [0.05, 0.1) is 42.8 Å². The number of amides is 2. The summed E-state index contributed by atoms with van der Waals surface area (Å²) in [6.07, 6.45) is 1.42. The predicted octanol–water partition coefficient (Wildman–Crippen LogP) is 3.51. The van der Waals surface area contributed by atoms with E-state index in [-0.39, 0.29) is 17.4 Å². The van der Waals surface area contributed by atoms with Gasteiger partial charge in [-0.15, -0.1) is 0 Å². The minimum absolute atomic E-state index is 0.0449. The van der Waals surface area contributed by atoms with Gasteiger partial charge in [-0.3, -0.25) is 9.59 Å². The number of nitrogens with zero attached hydrogens (tertiary/aromatic N) is 3. The van der Waals surface area contributed by atoms with E-state index in [0.717, 1.165) is 37.8 Å². The Morgan fingerprint density at radius 3 is 2.57 bits per heavy atom. The van der Waals surface area contributed by atoms with Crippen LogP contribution in [-0.4, -0.2) is 74.6 Å². The Morgan fingerprint density at radius 1 is 1.07 bits per heavy atom. The first kappa shape index (κ1) is 29.5. The van der Waals surface area contributed by atoms with Gasteiger partial charge in [-0.1, -0.05) is 0 Å². The van der Waals surface area contributed by atoms with E-state index >= 15 is 0 Å². The number of carbonyl (C=O) groups excluding carboxylic acids is 2. The van der Waals surface area contributed by atoms with Gasteiger partial charge in [-0.05, 0) is 49.6 Å². The fraction of sp³-hybridized carbons (Fsp3) is 0.429. The van der Waals surface area contributed by atoms with E-state index in [1.54, 1.807) is 6.08 Å². The molecule has 2 amide bonds. The van der Waals surface area contributed by atoms with Crippen molar-refractivity contribution < 1.29 is 36.6 Å². The number of hydrogen-bond donors (Lipinski definition) is 3. The highest BCUT2D eigenvalue weighted by Crippen LogP contribution is 2.32. The quantitative estimate of drug-likeness (QED) is 0.403. The molecule has 4 heterocycles. The molecule has 0 saturated carbocycles. The molecule has 42 heavy (non-hydrogen) atoms. The molecule has 10 nitrogen and oxygen atoms in total. The Labute approximate surface area is 239 Å². The maximum atomic E-state index is 14.3. The number of pyridine rings is 1. The van der Waals surface area contributed by atoms with E-state index in [4.69, 9.17) is 9.47 Å². The third-order valence-corrected chi connectivity index (χ3v) is 6.99. The molecule has 224 valence electrons. The standard InChI is InChI=1S/C28H30F4N6O4/c29-18-10-17(11-21(12-18)38-5-8-41-9-6-38)26(39)37-20-13-23(25(35-15-20)28(30,31)32)27(40)36-19-3-4-24(33-14-19)34-16-22-2-1-7-42-22/h4,10-15,19,22,34H,1-3,5-9,16H2,(H,36,40)(H,37,39). The number of halogens is 4. The number of rotatable bonds is 8. The summed E-state index contributed by atoms with van der Waals surface area (Å²) in [5.74, 6) is -1.87. The summed E-state index contributed by atoms with van der Waals surface area (Å²) < 4.78 is 66.4. The van der Waals surface area contributed by atoms with Crippen LogP contribution in [0.4, 0.5) is 28.9 Å². The summed E-state index contributed by atoms with van der Waals surface area (Å²) in [6, 6.07) is 4.03. The molecule has 0 radical (unpaired) electrons. The van der Waals surface area contributed by atoms with Gasteiger partial charge in [0.25, 0.3) is 11.8 Å². The summed E-state index contributed by atoms with van der Waals surface area (Å²) in [4.78, 5) is 35.5. The molecule has 5 rings (SSSR count). The maximum Gasteiger partial charge on any atom is 0.434 e. The maximum absolute atomic E-state index is 14.3. The Bertz CT molecular complexity index is 1370. The van der Waals surface area contributed by atoms with Crippen LogP contribution in [0.1, 0.15) is 45.7 Å². The second-order valence-corrected chi connectivity index (χ2v) is 10.1. The van der Waals surface area contributed by atoms with Crippen LogP contribution in [0.5, 0.6) is 0 Å². The number of alkyl halides is 3. The lowest BCUT2D eigenvalue weighted by Crippen LogP contribution is -2.38. The lowest BCUT2D eigenvalue weighted by molar-refractivity contribution is -0.141. The highest BCUT2D eigenvalue weighted by molar-refractivity contribution is 6.06. The molecule has 3 aliphatic heterocycles. The molecule has 0 spiro atoms. The van der Waals surface area contributed by atoms with Crippen molar-refractivity contribution in [1.82, 2.24) is 15.6 Å². The molecule has 2 saturated heterocycles. The van der Waals surface area contributed by atoms with Crippen molar-refractivity contribution in [1.29, 1.82) is 0 Å². The zero-order valence-corrected chi connectivity index (χ0v) is 22.5. The number of benzene rings is 1. The van der Waals surface area contributed by atoms with Crippen LogP contribution in [-0.2, 0) is 15.7 Å². The molecule has 14 heteroatoms. The topological polar surface area (TPSA) is 117 Å². The van der Waals surface area contributed by atoms with E-state index in [1.165, 1.54) is 18.3 Å². The fourth-order valence-corrected chi connectivity index (χ4v) is 4.85. The highest BCUT2D eigenvalue weighted by Gasteiger charge is 2.38. The Hall–Kier alpha value is -4.04. The predicted molar refractivity (Wildman–Crippen MR) is 146 cm³/mol. The number of aromatic nitrogens is 1. The van der Waals surface area contributed by atoms with E-state index in [9.17, 15) is 27.2 Å². The van der Waals surface area contributed by atoms with Crippen molar-refractivity contribution >= 4 is 29.4 Å². The summed E-state index contributed by atoms with van der Waals surface area (Å²) in [6.45, 7) is 3.25. The van der Waals surface area contributed by atoms with Crippen molar-refractivity contribution in [2.75, 3.05) is 49.7 Å². The van der Waals surface area contributed by atoms with E-state index in [0.29, 0.717) is 50.8 Å². The normalized spacial score (nSPS) is 20.7. The SMILES string of the molecule is O=C(Nc1cnc(C(F)(F)F)c(C(=O)NC2C=NC(NCC3CCCO3)=CC2)c1)c1cc(F)cc(N2CCOCC2)c1. The van der Waals surface area contributed by atoms with Crippen LogP contribution >= 0.6 is 0 Å². The van der Waals surface area contributed by atoms with Crippen molar-refractivity contribution in [3.05, 3.63) is 65.0 Å². The summed E-state index contributed by atoms with van der Waals surface area (Å²) in [7, 11) is 0. The van der Waals surface area contributed by atoms with E-state index in [1.807, 2.05) is 4.90 Å². The molecule has 2 atom stereocenters. The van der Waals surface area contributed by atoms with Gasteiger partial charge in [0.15, 0.2) is 5.69 Å². The summed E-state index contributed by atoms with van der Waals surface area (Å²) in [5.41, 5.74) is -1.90. The second-order valence-electron chi connectivity index (χ2n) is 10.1. The van der Waals surface area contributed by atoms with Crippen molar-refractivity contribution in [3.63, 3.8) is 0 Å². The van der Waals surface area contributed by atoms with Gasteiger partial charge >= 0.3 is 6.18 Å². The van der Waals surface area contributed by atoms with Gasteiger partial charge in [0, 0.05) is 43.7 Å². The molecular weight excluding hydrogens is 560 g/mol. The number of morpholine rings is 1. The Balaban J connectivity index is 1.27. The number of hydrogen-bond acceptors (Lipinski definition) is 8. The monoisotopic (exact) mass is 590 g/mol. The van der Waals surface area contributed by atoms with Crippen LogP contribution in [0.25, 0.3) is 0 Å². The number of nitrogens with one attached hydrogen (secondary N) is 3. The summed E-state index contributed by atoms with van der Waals surface area (Å²) >= 11 is 0.